The summed E-state index contributed by atoms with van der Waals surface area (Å²) in [5.41, 5.74) is 2.15. The van der Waals surface area contributed by atoms with Crippen LogP contribution in [0.1, 0.15) is 31.2 Å². The van der Waals surface area contributed by atoms with Gasteiger partial charge in [0.2, 0.25) is 0 Å². The number of benzene rings is 2. The smallest absolute Gasteiger partial charge is 0.308 e. The minimum absolute atomic E-state index is 0.0906. The highest BCUT2D eigenvalue weighted by Crippen LogP contribution is 2.31. The third-order valence-electron chi connectivity index (χ3n) is 5.31. The van der Waals surface area contributed by atoms with Crippen LogP contribution in [0.15, 0.2) is 48.5 Å². The largest absolute Gasteiger partial charge is 0.481 e. The van der Waals surface area contributed by atoms with Crippen molar-refractivity contribution in [1.29, 1.82) is 0 Å². The van der Waals surface area contributed by atoms with Crippen molar-refractivity contribution >= 4 is 27.5 Å². The Morgan fingerprint density at radius 3 is 2.71 bits per heavy atom. The van der Waals surface area contributed by atoms with Crippen LogP contribution in [-0.2, 0) is 11.2 Å². The van der Waals surface area contributed by atoms with Crippen LogP contribution in [0.5, 0.6) is 10.9 Å². The van der Waals surface area contributed by atoms with Crippen molar-refractivity contribution in [3.05, 3.63) is 54.1 Å². The number of fused-ring (bicyclic) bond motifs is 1. The van der Waals surface area contributed by atoms with Crippen molar-refractivity contribution < 1.29 is 14.6 Å². The van der Waals surface area contributed by atoms with Gasteiger partial charge in [-0.1, -0.05) is 48.4 Å². The topological polar surface area (TPSA) is 71.5 Å². The van der Waals surface area contributed by atoms with E-state index in [2.05, 4.69) is 22.4 Å². The zero-order valence-electron chi connectivity index (χ0n) is 15.6. The number of hydrogen-bond acceptors (Lipinski definition) is 5. The fraction of sp³-hybridized carbons (Fsp3) is 0.364. The summed E-state index contributed by atoms with van der Waals surface area (Å²) in [6.07, 6.45) is 4.73. The van der Waals surface area contributed by atoms with Gasteiger partial charge >= 0.3 is 5.97 Å². The maximum Gasteiger partial charge on any atom is 0.308 e. The second kappa shape index (κ2) is 8.71. The van der Waals surface area contributed by atoms with Gasteiger partial charge in [0, 0.05) is 6.04 Å². The summed E-state index contributed by atoms with van der Waals surface area (Å²) in [6.45, 7) is 0.784. The van der Waals surface area contributed by atoms with Gasteiger partial charge in [0.15, 0.2) is 0 Å². The first-order valence-corrected chi connectivity index (χ1v) is 10.6. The number of nitrogens with one attached hydrogen (secondary N) is 1. The zero-order chi connectivity index (χ0) is 19.3. The summed E-state index contributed by atoms with van der Waals surface area (Å²) in [6, 6.07) is 16.1. The molecule has 3 aromatic rings. The summed E-state index contributed by atoms with van der Waals surface area (Å²) >= 11 is 1.54. The summed E-state index contributed by atoms with van der Waals surface area (Å²) in [5, 5.41) is 13.5. The molecular formula is C22H24N2O3S. The Labute approximate surface area is 168 Å². The lowest BCUT2D eigenvalue weighted by Gasteiger charge is -2.29. The Bertz CT molecular complexity index is 905. The molecule has 146 valence electrons. The standard InChI is InChI=1S/C22H24N2O3S/c25-21(26)17-5-1-2-6-18(17)23-14-13-15-9-11-16(12-10-15)27-22-24-19-7-3-4-8-20(19)28-22/h3-4,7-12,17-18,23H,1-2,5-6,13-14H2,(H,25,26)/t17-,18+/m0/s1. The number of carboxylic acids is 1. The normalized spacial score (nSPS) is 19.6. The van der Waals surface area contributed by atoms with Crippen LogP contribution in [-0.4, -0.2) is 28.6 Å². The summed E-state index contributed by atoms with van der Waals surface area (Å²) < 4.78 is 7.00. The average molecular weight is 397 g/mol. The molecular weight excluding hydrogens is 372 g/mol. The van der Waals surface area contributed by atoms with E-state index in [1.165, 1.54) is 16.9 Å². The van der Waals surface area contributed by atoms with E-state index in [1.54, 1.807) is 0 Å². The van der Waals surface area contributed by atoms with Crippen molar-refractivity contribution in [2.45, 2.75) is 38.1 Å². The van der Waals surface area contributed by atoms with Crippen molar-refractivity contribution in [3.8, 4) is 10.9 Å². The van der Waals surface area contributed by atoms with Crippen LogP contribution in [0.3, 0.4) is 0 Å². The van der Waals surface area contributed by atoms with E-state index in [9.17, 15) is 9.90 Å². The molecule has 2 N–H and O–H groups in total. The molecule has 5 nitrogen and oxygen atoms in total. The maximum absolute atomic E-state index is 11.4. The number of aromatic nitrogens is 1. The Hall–Kier alpha value is -2.44. The fourth-order valence-electron chi connectivity index (χ4n) is 3.79. The molecule has 1 aliphatic rings. The lowest BCUT2D eigenvalue weighted by atomic mass is 9.84. The lowest BCUT2D eigenvalue weighted by molar-refractivity contribution is -0.143. The van der Waals surface area contributed by atoms with Crippen LogP contribution < -0.4 is 10.1 Å². The molecule has 1 saturated carbocycles. The predicted molar refractivity (Wildman–Crippen MR) is 111 cm³/mol. The summed E-state index contributed by atoms with van der Waals surface area (Å²) in [4.78, 5) is 15.9. The Morgan fingerprint density at radius 2 is 1.93 bits per heavy atom. The lowest BCUT2D eigenvalue weighted by Crippen LogP contribution is -2.43. The van der Waals surface area contributed by atoms with Crippen LogP contribution in [0.2, 0.25) is 0 Å². The molecule has 1 fully saturated rings. The van der Waals surface area contributed by atoms with Crippen LogP contribution in [0, 0.1) is 5.92 Å². The quantitative estimate of drug-likeness (QED) is 0.596. The molecule has 0 unspecified atom stereocenters. The minimum atomic E-state index is -0.673. The molecule has 2 atom stereocenters. The third-order valence-corrected chi connectivity index (χ3v) is 6.22. The van der Waals surface area contributed by atoms with E-state index in [1.807, 2.05) is 36.4 Å². The van der Waals surface area contributed by atoms with Crippen LogP contribution in [0.4, 0.5) is 0 Å². The highest BCUT2D eigenvalue weighted by atomic mass is 32.1. The Kier molecular flexibility index (Phi) is 5.88. The summed E-state index contributed by atoms with van der Waals surface area (Å²) in [5.74, 6) is -0.152. The SMILES string of the molecule is O=C(O)[C@H]1CCCC[C@H]1NCCc1ccc(Oc2nc3ccccc3s2)cc1. The fourth-order valence-corrected chi connectivity index (χ4v) is 4.63. The Morgan fingerprint density at radius 1 is 1.14 bits per heavy atom. The van der Waals surface area contributed by atoms with Gasteiger partial charge in [-0.2, -0.15) is 0 Å². The number of rotatable bonds is 7. The van der Waals surface area contributed by atoms with Gasteiger partial charge in [0.05, 0.1) is 16.1 Å². The van der Waals surface area contributed by atoms with Crippen LogP contribution in [0.25, 0.3) is 10.2 Å². The molecule has 0 aliphatic heterocycles. The Balaban J connectivity index is 1.30. The molecule has 0 spiro atoms. The van der Waals surface area contributed by atoms with Gasteiger partial charge in [-0.25, -0.2) is 4.98 Å². The van der Waals surface area contributed by atoms with Gasteiger partial charge in [0.25, 0.3) is 5.19 Å². The molecule has 0 bridgehead atoms. The number of ether oxygens (including phenoxy) is 1. The van der Waals surface area contributed by atoms with Crippen molar-refractivity contribution in [3.63, 3.8) is 0 Å². The first-order valence-electron chi connectivity index (χ1n) is 9.77. The van der Waals surface area contributed by atoms with Crippen molar-refractivity contribution in [2.75, 3.05) is 6.54 Å². The highest BCUT2D eigenvalue weighted by molar-refractivity contribution is 7.20. The molecule has 0 radical (unpaired) electrons. The number of carboxylic acid groups (broad SMARTS) is 1. The van der Waals surface area contributed by atoms with E-state index >= 15 is 0 Å². The summed E-state index contributed by atoms with van der Waals surface area (Å²) in [7, 11) is 0. The molecule has 0 saturated heterocycles. The molecule has 2 aromatic carbocycles. The first-order chi connectivity index (χ1) is 13.7. The first kappa shape index (κ1) is 18.9. The number of carbonyl (C=O) groups is 1. The maximum atomic E-state index is 11.4. The van der Waals surface area contributed by atoms with Crippen molar-refractivity contribution in [1.82, 2.24) is 10.3 Å². The molecule has 1 heterocycles. The third kappa shape index (κ3) is 4.51. The predicted octanol–water partition coefficient (Wildman–Crippen LogP) is 4.86. The number of aliphatic carboxylic acids is 1. The molecule has 28 heavy (non-hydrogen) atoms. The number of nitrogens with zero attached hydrogens (tertiary/aromatic N) is 1. The van der Waals surface area contributed by atoms with E-state index in [4.69, 9.17) is 4.74 Å². The van der Waals surface area contributed by atoms with E-state index < -0.39 is 5.97 Å². The average Bonchev–Trinajstić information content (AvgIpc) is 3.12. The van der Waals surface area contributed by atoms with E-state index in [0.29, 0.717) is 5.19 Å². The van der Waals surface area contributed by atoms with Crippen LogP contribution >= 0.6 is 11.3 Å². The molecule has 1 aromatic heterocycles. The van der Waals surface area contributed by atoms with Gasteiger partial charge in [-0.3, -0.25) is 4.79 Å². The highest BCUT2D eigenvalue weighted by Gasteiger charge is 2.30. The number of para-hydroxylation sites is 1. The molecule has 6 heteroatoms. The zero-order valence-corrected chi connectivity index (χ0v) is 16.5. The van der Waals surface area contributed by atoms with E-state index in [-0.39, 0.29) is 12.0 Å². The number of hydrogen-bond donors (Lipinski definition) is 2. The van der Waals surface area contributed by atoms with Gasteiger partial charge in [-0.05, 0) is 55.6 Å². The molecule has 4 rings (SSSR count). The van der Waals surface area contributed by atoms with Crippen molar-refractivity contribution in [2.24, 2.45) is 5.92 Å². The van der Waals surface area contributed by atoms with Gasteiger partial charge < -0.3 is 15.2 Å². The monoisotopic (exact) mass is 396 g/mol. The van der Waals surface area contributed by atoms with Gasteiger partial charge in [-0.15, -0.1) is 0 Å². The second-order valence-electron chi connectivity index (χ2n) is 7.23. The minimum Gasteiger partial charge on any atom is -0.481 e. The second-order valence-corrected chi connectivity index (χ2v) is 8.23. The van der Waals surface area contributed by atoms with Gasteiger partial charge in [0.1, 0.15) is 5.75 Å². The molecule has 1 aliphatic carbocycles. The number of thiazole rings is 1. The molecule has 0 amide bonds. The van der Waals surface area contributed by atoms with E-state index in [0.717, 1.165) is 54.6 Å².